The SMILES string of the molecule is Cc1ccc(NC(=O)Cc2cc(C)n(-c3ccc(Cl)cc3)c2C)cc1. The van der Waals surface area contributed by atoms with Gasteiger partial charge in [-0.05, 0) is 68.8 Å². The standard InChI is InChI=1S/C21H21ClN2O/c1-14-4-8-19(9-5-14)23-21(25)13-17-12-15(2)24(16(17)3)20-10-6-18(22)7-11-20/h4-12H,13H2,1-3H3,(H,23,25). The molecule has 1 aromatic heterocycles. The predicted molar refractivity (Wildman–Crippen MR) is 104 cm³/mol. The van der Waals surface area contributed by atoms with Crippen molar-refractivity contribution < 1.29 is 4.79 Å². The number of benzene rings is 2. The molecule has 0 unspecified atom stereocenters. The van der Waals surface area contributed by atoms with Crippen LogP contribution in [0.1, 0.15) is 22.5 Å². The Hall–Kier alpha value is -2.52. The van der Waals surface area contributed by atoms with Crippen LogP contribution in [0.15, 0.2) is 54.6 Å². The van der Waals surface area contributed by atoms with Gasteiger partial charge in [-0.15, -0.1) is 0 Å². The third kappa shape index (κ3) is 3.94. The zero-order chi connectivity index (χ0) is 18.0. The highest BCUT2D eigenvalue weighted by Crippen LogP contribution is 2.23. The molecule has 4 heteroatoms. The summed E-state index contributed by atoms with van der Waals surface area (Å²) in [6.07, 6.45) is 0.348. The highest BCUT2D eigenvalue weighted by molar-refractivity contribution is 6.30. The Balaban J connectivity index is 1.79. The maximum Gasteiger partial charge on any atom is 0.228 e. The number of carbonyl (C=O) groups is 1. The summed E-state index contributed by atoms with van der Waals surface area (Å²) in [5, 5.41) is 3.67. The quantitative estimate of drug-likeness (QED) is 0.684. The lowest BCUT2D eigenvalue weighted by Gasteiger charge is -2.10. The first-order chi connectivity index (χ1) is 11.9. The summed E-state index contributed by atoms with van der Waals surface area (Å²) in [5.74, 6) is -0.0137. The first kappa shape index (κ1) is 17.3. The van der Waals surface area contributed by atoms with Crippen LogP contribution in [-0.4, -0.2) is 10.5 Å². The lowest BCUT2D eigenvalue weighted by atomic mass is 10.1. The van der Waals surface area contributed by atoms with Gasteiger partial charge in [0.2, 0.25) is 5.91 Å². The molecular formula is C21H21ClN2O. The first-order valence-corrected chi connectivity index (χ1v) is 8.62. The average molecular weight is 353 g/mol. The van der Waals surface area contributed by atoms with Crippen molar-refractivity contribution in [1.82, 2.24) is 4.57 Å². The molecule has 0 aliphatic rings. The number of amides is 1. The Morgan fingerprint density at radius 3 is 2.28 bits per heavy atom. The van der Waals surface area contributed by atoms with Gasteiger partial charge in [0.05, 0.1) is 6.42 Å². The molecule has 0 fully saturated rings. The van der Waals surface area contributed by atoms with E-state index in [0.717, 1.165) is 28.3 Å². The van der Waals surface area contributed by atoms with Gasteiger partial charge in [-0.3, -0.25) is 4.79 Å². The van der Waals surface area contributed by atoms with Crippen molar-refractivity contribution in [3.63, 3.8) is 0 Å². The fourth-order valence-corrected chi connectivity index (χ4v) is 3.14. The molecule has 2 aromatic carbocycles. The molecular weight excluding hydrogens is 332 g/mol. The van der Waals surface area contributed by atoms with E-state index in [0.29, 0.717) is 11.4 Å². The number of aromatic nitrogens is 1. The summed E-state index contributed by atoms with van der Waals surface area (Å²) in [4.78, 5) is 12.4. The molecule has 1 N–H and O–H groups in total. The van der Waals surface area contributed by atoms with Gasteiger partial charge in [-0.25, -0.2) is 0 Å². The Kier molecular flexibility index (Phi) is 4.95. The Morgan fingerprint density at radius 2 is 1.64 bits per heavy atom. The molecule has 0 spiro atoms. The zero-order valence-electron chi connectivity index (χ0n) is 14.6. The monoisotopic (exact) mass is 352 g/mol. The Morgan fingerprint density at radius 1 is 1.00 bits per heavy atom. The summed E-state index contributed by atoms with van der Waals surface area (Å²) in [5.41, 5.74) is 6.23. The second-order valence-electron chi connectivity index (χ2n) is 6.30. The summed E-state index contributed by atoms with van der Waals surface area (Å²) in [7, 11) is 0. The Bertz CT molecular complexity index is 893. The molecule has 3 aromatic rings. The van der Waals surface area contributed by atoms with E-state index in [-0.39, 0.29) is 5.91 Å². The highest BCUT2D eigenvalue weighted by Gasteiger charge is 2.14. The second kappa shape index (κ2) is 7.16. The van der Waals surface area contributed by atoms with Crippen molar-refractivity contribution in [2.75, 3.05) is 5.32 Å². The topological polar surface area (TPSA) is 34.0 Å². The number of aryl methyl sites for hydroxylation is 2. The fraction of sp³-hybridized carbons (Fsp3) is 0.190. The molecule has 25 heavy (non-hydrogen) atoms. The van der Waals surface area contributed by atoms with E-state index in [1.54, 1.807) is 0 Å². The molecule has 1 heterocycles. The van der Waals surface area contributed by atoms with E-state index >= 15 is 0 Å². The maximum absolute atomic E-state index is 12.4. The molecule has 0 bridgehead atoms. The van der Waals surface area contributed by atoms with Crippen molar-refractivity contribution in [1.29, 1.82) is 0 Å². The van der Waals surface area contributed by atoms with Gasteiger partial charge >= 0.3 is 0 Å². The third-order valence-electron chi connectivity index (χ3n) is 4.31. The lowest BCUT2D eigenvalue weighted by Crippen LogP contribution is -2.14. The predicted octanol–water partition coefficient (Wildman–Crippen LogP) is 5.24. The third-order valence-corrected chi connectivity index (χ3v) is 4.56. The fourth-order valence-electron chi connectivity index (χ4n) is 3.01. The smallest absolute Gasteiger partial charge is 0.228 e. The van der Waals surface area contributed by atoms with Crippen LogP contribution in [0, 0.1) is 20.8 Å². The van der Waals surface area contributed by atoms with E-state index < -0.39 is 0 Å². The molecule has 0 atom stereocenters. The van der Waals surface area contributed by atoms with Crippen LogP contribution in [0.25, 0.3) is 5.69 Å². The number of nitrogens with one attached hydrogen (secondary N) is 1. The van der Waals surface area contributed by atoms with Gasteiger partial charge in [0.25, 0.3) is 0 Å². The van der Waals surface area contributed by atoms with Crippen molar-refractivity contribution in [2.45, 2.75) is 27.2 Å². The lowest BCUT2D eigenvalue weighted by molar-refractivity contribution is -0.115. The van der Waals surface area contributed by atoms with Gasteiger partial charge in [-0.2, -0.15) is 0 Å². The number of rotatable bonds is 4. The summed E-state index contributed by atoms with van der Waals surface area (Å²) in [6, 6.07) is 17.6. The van der Waals surface area contributed by atoms with Gasteiger partial charge in [0.1, 0.15) is 0 Å². The largest absolute Gasteiger partial charge is 0.326 e. The van der Waals surface area contributed by atoms with Crippen LogP contribution < -0.4 is 5.32 Å². The first-order valence-electron chi connectivity index (χ1n) is 8.24. The van der Waals surface area contributed by atoms with Crippen LogP contribution in [0.3, 0.4) is 0 Å². The van der Waals surface area contributed by atoms with Gasteiger partial charge in [0, 0.05) is 27.8 Å². The summed E-state index contributed by atoms with van der Waals surface area (Å²) in [6.45, 7) is 6.11. The van der Waals surface area contributed by atoms with Crippen LogP contribution >= 0.6 is 11.6 Å². The van der Waals surface area contributed by atoms with E-state index in [9.17, 15) is 4.79 Å². The minimum atomic E-state index is -0.0137. The van der Waals surface area contributed by atoms with Crippen molar-refractivity contribution in [3.8, 4) is 5.69 Å². The zero-order valence-corrected chi connectivity index (χ0v) is 15.4. The molecule has 0 radical (unpaired) electrons. The number of anilines is 1. The van der Waals surface area contributed by atoms with Crippen molar-refractivity contribution >= 4 is 23.2 Å². The van der Waals surface area contributed by atoms with Crippen molar-refractivity contribution in [2.24, 2.45) is 0 Å². The van der Waals surface area contributed by atoms with E-state index in [1.807, 2.05) is 69.3 Å². The molecule has 3 rings (SSSR count). The van der Waals surface area contributed by atoms with Crippen molar-refractivity contribution in [3.05, 3.63) is 82.1 Å². The van der Waals surface area contributed by atoms with Crippen LogP contribution in [0.2, 0.25) is 5.02 Å². The highest BCUT2D eigenvalue weighted by atomic mass is 35.5. The molecule has 1 amide bonds. The number of carbonyl (C=O) groups excluding carboxylic acids is 1. The molecule has 0 saturated carbocycles. The average Bonchev–Trinajstić information content (AvgIpc) is 2.84. The Labute approximate surface area is 153 Å². The van der Waals surface area contributed by atoms with Gasteiger partial charge in [-0.1, -0.05) is 29.3 Å². The van der Waals surface area contributed by atoms with E-state index in [4.69, 9.17) is 11.6 Å². The minimum absolute atomic E-state index is 0.0137. The van der Waals surface area contributed by atoms with Crippen LogP contribution in [0.5, 0.6) is 0 Å². The second-order valence-corrected chi connectivity index (χ2v) is 6.74. The number of hydrogen-bond donors (Lipinski definition) is 1. The minimum Gasteiger partial charge on any atom is -0.326 e. The maximum atomic E-state index is 12.4. The van der Waals surface area contributed by atoms with Gasteiger partial charge < -0.3 is 9.88 Å². The van der Waals surface area contributed by atoms with Crippen LogP contribution in [0.4, 0.5) is 5.69 Å². The number of halogens is 1. The molecule has 3 nitrogen and oxygen atoms in total. The molecule has 0 saturated heterocycles. The normalized spacial score (nSPS) is 10.7. The summed E-state index contributed by atoms with van der Waals surface area (Å²) >= 11 is 5.98. The summed E-state index contributed by atoms with van der Waals surface area (Å²) < 4.78 is 2.14. The number of nitrogens with zero attached hydrogens (tertiary/aromatic N) is 1. The number of hydrogen-bond acceptors (Lipinski definition) is 1. The van der Waals surface area contributed by atoms with E-state index in [2.05, 4.69) is 16.0 Å². The van der Waals surface area contributed by atoms with Gasteiger partial charge in [0.15, 0.2) is 0 Å². The molecule has 128 valence electrons. The molecule has 0 aliphatic carbocycles. The molecule has 0 aliphatic heterocycles. The van der Waals surface area contributed by atoms with E-state index in [1.165, 1.54) is 5.56 Å². The van der Waals surface area contributed by atoms with Crippen LogP contribution in [-0.2, 0) is 11.2 Å².